The molecule has 1 aromatic carbocycles. The van der Waals surface area contributed by atoms with E-state index in [0.29, 0.717) is 6.42 Å². The van der Waals surface area contributed by atoms with Crippen molar-refractivity contribution in [1.29, 1.82) is 0 Å². The van der Waals surface area contributed by atoms with Crippen molar-refractivity contribution >= 4 is 17.7 Å². The van der Waals surface area contributed by atoms with Gasteiger partial charge in [-0.3, -0.25) is 4.79 Å². The summed E-state index contributed by atoms with van der Waals surface area (Å²) in [6.07, 6.45) is 4.03. The topological polar surface area (TPSA) is 38.3 Å². The third-order valence-corrected chi connectivity index (χ3v) is 4.22. The maximum absolute atomic E-state index is 11.0. The summed E-state index contributed by atoms with van der Waals surface area (Å²) in [6, 6.07) is 9.43. The van der Waals surface area contributed by atoms with Crippen molar-refractivity contribution in [1.82, 2.24) is 5.32 Å². The van der Waals surface area contributed by atoms with Crippen molar-refractivity contribution in [3.8, 4) is 0 Å². The molecule has 1 N–H and O–H groups in total. The molecule has 1 saturated carbocycles. The van der Waals surface area contributed by atoms with Crippen LogP contribution in [0.2, 0.25) is 0 Å². The number of carbonyl (C=O) groups excluding carboxylic acids is 1. The highest BCUT2D eigenvalue weighted by Crippen LogP contribution is 2.21. The predicted molar refractivity (Wildman–Crippen MR) is 78.3 cm³/mol. The first-order valence-corrected chi connectivity index (χ1v) is 7.78. The van der Waals surface area contributed by atoms with Gasteiger partial charge in [0, 0.05) is 23.9 Å². The fourth-order valence-electron chi connectivity index (χ4n) is 1.76. The van der Waals surface area contributed by atoms with Crippen LogP contribution in [0.5, 0.6) is 0 Å². The Bertz CT molecular complexity index is 401. The summed E-state index contributed by atoms with van der Waals surface area (Å²) in [6.45, 7) is 0.970. The van der Waals surface area contributed by atoms with Crippen LogP contribution in [0.15, 0.2) is 29.2 Å². The summed E-state index contributed by atoms with van der Waals surface area (Å²) in [5.74, 6) is 0.830. The summed E-state index contributed by atoms with van der Waals surface area (Å²) >= 11 is 1.79. The molecule has 104 valence electrons. The zero-order valence-corrected chi connectivity index (χ0v) is 12.2. The molecule has 0 saturated heterocycles. The highest BCUT2D eigenvalue weighted by atomic mass is 32.2. The molecule has 0 amide bonds. The molecule has 0 aliphatic heterocycles. The molecule has 2 rings (SSSR count). The molecule has 19 heavy (non-hydrogen) atoms. The fraction of sp³-hybridized carbons (Fsp3) is 0.533. The number of methoxy groups -OCH3 is 1. The first-order chi connectivity index (χ1) is 9.28. The average molecular weight is 279 g/mol. The molecule has 0 unspecified atom stereocenters. The largest absolute Gasteiger partial charge is 0.469 e. The van der Waals surface area contributed by atoms with E-state index in [9.17, 15) is 4.79 Å². The second kappa shape index (κ2) is 7.56. The quantitative estimate of drug-likeness (QED) is 0.451. The fourth-order valence-corrected chi connectivity index (χ4v) is 2.61. The van der Waals surface area contributed by atoms with E-state index in [2.05, 4.69) is 34.3 Å². The van der Waals surface area contributed by atoms with Gasteiger partial charge in [0.15, 0.2) is 0 Å². The second-order valence-corrected chi connectivity index (χ2v) is 6.00. The van der Waals surface area contributed by atoms with Crippen LogP contribution in [0.25, 0.3) is 0 Å². The van der Waals surface area contributed by atoms with Crippen LogP contribution in [0.1, 0.15) is 31.2 Å². The smallest absolute Gasteiger partial charge is 0.305 e. The van der Waals surface area contributed by atoms with Gasteiger partial charge in [0.1, 0.15) is 0 Å². The van der Waals surface area contributed by atoms with Crippen molar-refractivity contribution in [3.05, 3.63) is 29.8 Å². The van der Waals surface area contributed by atoms with Gasteiger partial charge in [-0.05, 0) is 42.7 Å². The zero-order chi connectivity index (χ0) is 13.5. The number of thioether (sulfide) groups is 1. The van der Waals surface area contributed by atoms with Crippen LogP contribution in [-0.4, -0.2) is 24.9 Å². The van der Waals surface area contributed by atoms with Gasteiger partial charge in [0.25, 0.3) is 0 Å². The molecule has 1 aliphatic carbocycles. The van der Waals surface area contributed by atoms with Gasteiger partial charge in [-0.2, -0.15) is 0 Å². The van der Waals surface area contributed by atoms with E-state index in [1.54, 1.807) is 11.8 Å². The van der Waals surface area contributed by atoms with Crippen molar-refractivity contribution in [2.45, 2.75) is 43.2 Å². The number of hydrogen-bond acceptors (Lipinski definition) is 4. The van der Waals surface area contributed by atoms with Crippen LogP contribution in [-0.2, 0) is 16.1 Å². The third-order valence-electron chi connectivity index (χ3n) is 3.12. The molecule has 0 radical (unpaired) electrons. The lowest BCUT2D eigenvalue weighted by atomic mass is 10.2. The summed E-state index contributed by atoms with van der Waals surface area (Å²) in [7, 11) is 1.43. The highest BCUT2D eigenvalue weighted by Gasteiger charge is 2.19. The van der Waals surface area contributed by atoms with E-state index >= 15 is 0 Å². The molecule has 1 aliphatic rings. The van der Waals surface area contributed by atoms with Crippen molar-refractivity contribution < 1.29 is 9.53 Å². The third kappa shape index (κ3) is 5.66. The van der Waals surface area contributed by atoms with E-state index in [4.69, 9.17) is 0 Å². The summed E-state index contributed by atoms with van der Waals surface area (Å²) in [5.41, 5.74) is 1.34. The molecule has 0 aromatic heterocycles. The number of esters is 1. The number of benzene rings is 1. The first-order valence-electron chi connectivity index (χ1n) is 6.80. The van der Waals surface area contributed by atoms with Crippen molar-refractivity contribution in [3.63, 3.8) is 0 Å². The average Bonchev–Trinajstić information content (AvgIpc) is 3.26. The van der Waals surface area contributed by atoms with Crippen molar-refractivity contribution in [2.24, 2.45) is 0 Å². The van der Waals surface area contributed by atoms with Crippen LogP contribution in [0.4, 0.5) is 0 Å². The number of rotatable bonds is 8. The predicted octanol–water partition coefficient (Wildman–Crippen LogP) is 2.98. The molecule has 0 atom stereocenters. The van der Waals surface area contributed by atoms with E-state index in [1.165, 1.54) is 30.4 Å². The minimum Gasteiger partial charge on any atom is -0.469 e. The molecule has 1 aromatic rings. The molecular weight excluding hydrogens is 258 g/mol. The Kier molecular flexibility index (Phi) is 5.73. The number of hydrogen-bond donors (Lipinski definition) is 1. The summed E-state index contributed by atoms with van der Waals surface area (Å²) in [4.78, 5) is 12.2. The standard InChI is InChI=1S/C15H21NO2S/c1-18-15(17)3-2-10-19-14-8-4-12(5-9-14)11-16-13-6-7-13/h4-5,8-9,13,16H,2-3,6-7,10-11H2,1H3. The van der Waals surface area contributed by atoms with Crippen LogP contribution in [0.3, 0.4) is 0 Å². The molecule has 4 heteroatoms. The summed E-state index contributed by atoms with van der Waals surface area (Å²) in [5, 5.41) is 3.51. The van der Waals surface area contributed by atoms with E-state index in [-0.39, 0.29) is 5.97 Å². The Morgan fingerprint density at radius 2 is 2.11 bits per heavy atom. The van der Waals surface area contributed by atoms with Crippen LogP contribution < -0.4 is 5.32 Å². The lowest BCUT2D eigenvalue weighted by molar-refractivity contribution is -0.140. The van der Waals surface area contributed by atoms with Gasteiger partial charge in [0.05, 0.1) is 7.11 Å². The number of nitrogens with one attached hydrogen (secondary N) is 1. The minimum atomic E-state index is -0.123. The van der Waals surface area contributed by atoms with Crippen LogP contribution in [0, 0.1) is 0 Å². The van der Waals surface area contributed by atoms with Gasteiger partial charge < -0.3 is 10.1 Å². The zero-order valence-electron chi connectivity index (χ0n) is 11.4. The lowest BCUT2D eigenvalue weighted by Gasteiger charge is -2.05. The first kappa shape index (κ1) is 14.4. The van der Waals surface area contributed by atoms with Crippen molar-refractivity contribution in [2.75, 3.05) is 12.9 Å². The second-order valence-electron chi connectivity index (χ2n) is 4.83. The summed E-state index contributed by atoms with van der Waals surface area (Å²) < 4.78 is 4.61. The van der Waals surface area contributed by atoms with Gasteiger partial charge in [-0.15, -0.1) is 11.8 Å². The van der Waals surface area contributed by atoms with E-state index in [0.717, 1.165) is 24.8 Å². The van der Waals surface area contributed by atoms with Crippen LogP contribution >= 0.6 is 11.8 Å². The number of ether oxygens (including phenoxy) is 1. The minimum absolute atomic E-state index is 0.123. The maximum atomic E-state index is 11.0. The Morgan fingerprint density at radius 1 is 1.37 bits per heavy atom. The maximum Gasteiger partial charge on any atom is 0.305 e. The monoisotopic (exact) mass is 279 g/mol. The van der Waals surface area contributed by atoms with E-state index < -0.39 is 0 Å². The number of carbonyl (C=O) groups is 1. The molecule has 1 fully saturated rings. The van der Waals surface area contributed by atoms with Gasteiger partial charge in [-0.1, -0.05) is 12.1 Å². The molecule has 0 spiro atoms. The lowest BCUT2D eigenvalue weighted by Crippen LogP contribution is -2.14. The molecular formula is C15H21NO2S. The Labute approximate surface area is 119 Å². The Morgan fingerprint density at radius 3 is 2.74 bits per heavy atom. The van der Waals surface area contributed by atoms with Gasteiger partial charge in [0.2, 0.25) is 0 Å². The normalized spacial score (nSPS) is 14.4. The van der Waals surface area contributed by atoms with Gasteiger partial charge in [-0.25, -0.2) is 0 Å². The molecule has 3 nitrogen and oxygen atoms in total. The highest BCUT2D eigenvalue weighted by molar-refractivity contribution is 7.99. The SMILES string of the molecule is COC(=O)CCCSc1ccc(CNC2CC2)cc1. The molecule has 0 bridgehead atoms. The Hall–Kier alpha value is -1.00. The Balaban J connectivity index is 1.64. The van der Waals surface area contributed by atoms with E-state index in [1.807, 2.05) is 0 Å². The molecule has 0 heterocycles. The van der Waals surface area contributed by atoms with Gasteiger partial charge >= 0.3 is 5.97 Å².